The number of rotatable bonds is 2. The Balaban J connectivity index is 2.88. The van der Waals surface area contributed by atoms with Crippen LogP contribution in [0.3, 0.4) is 0 Å². The van der Waals surface area contributed by atoms with E-state index in [1.807, 2.05) is 0 Å². The molecule has 0 amide bonds. The molecule has 0 saturated heterocycles. The summed E-state index contributed by atoms with van der Waals surface area (Å²) in [7, 11) is -4.35. The van der Waals surface area contributed by atoms with Crippen molar-refractivity contribution in [2.45, 2.75) is 16.7 Å². The van der Waals surface area contributed by atoms with E-state index in [4.69, 9.17) is 0 Å². The molecule has 0 aliphatic carbocycles. The Morgan fingerprint density at radius 2 is 1.89 bits per heavy atom. The van der Waals surface area contributed by atoms with Crippen LogP contribution < -0.4 is 0 Å². The van der Waals surface area contributed by atoms with Gasteiger partial charge in [0.05, 0.1) is 0 Å². The highest BCUT2D eigenvalue weighted by atomic mass is 32.2. The quantitative estimate of drug-likeness (QED) is 0.668. The molecule has 1 unspecified atom stereocenters. The number of hydrogen-bond acceptors (Lipinski definition) is 4. The Kier molecular flexibility index (Phi) is 3.24. The molecule has 0 aromatic heterocycles. The second kappa shape index (κ2) is 4.43. The zero-order valence-corrected chi connectivity index (χ0v) is 10.9. The molecular formula is C11H9O5S2-. The van der Waals surface area contributed by atoms with E-state index in [-0.39, 0.29) is 9.79 Å². The summed E-state index contributed by atoms with van der Waals surface area (Å²) in [6, 6.07) is 7.14. The molecule has 0 bridgehead atoms. The molecule has 0 heterocycles. The average molecular weight is 285 g/mol. The summed E-state index contributed by atoms with van der Waals surface area (Å²) < 4.78 is 53.5. The summed E-state index contributed by atoms with van der Waals surface area (Å²) in [5, 5.41) is 0.738. The summed E-state index contributed by atoms with van der Waals surface area (Å²) in [6.45, 7) is 1.56. The van der Waals surface area contributed by atoms with Crippen molar-refractivity contribution >= 4 is 32.0 Å². The highest BCUT2D eigenvalue weighted by molar-refractivity contribution is 7.86. The van der Waals surface area contributed by atoms with Crippen LogP contribution in [0.1, 0.15) is 5.56 Å². The lowest BCUT2D eigenvalue weighted by atomic mass is 10.1. The van der Waals surface area contributed by atoms with E-state index in [0.717, 1.165) is 0 Å². The minimum absolute atomic E-state index is 0.0626. The van der Waals surface area contributed by atoms with E-state index in [0.29, 0.717) is 16.3 Å². The second-order valence-electron chi connectivity index (χ2n) is 3.80. The van der Waals surface area contributed by atoms with Gasteiger partial charge in [0, 0.05) is 10.3 Å². The van der Waals surface area contributed by atoms with Crippen molar-refractivity contribution in [3.8, 4) is 0 Å². The maximum atomic E-state index is 11.3. The van der Waals surface area contributed by atoms with Gasteiger partial charge in [0.15, 0.2) is 0 Å². The summed E-state index contributed by atoms with van der Waals surface area (Å²) >= 11 is -2.38. The van der Waals surface area contributed by atoms with E-state index in [1.165, 1.54) is 24.3 Å². The average Bonchev–Trinajstić information content (AvgIpc) is 2.26. The van der Waals surface area contributed by atoms with Gasteiger partial charge in [-0.3, -0.25) is 8.76 Å². The first-order valence-electron chi connectivity index (χ1n) is 4.91. The summed E-state index contributed by atoms with van der Waals surface area (Å²) in [4.78, 5) is -0.129. The van der Waals surface area contributed by atoms with Gasteiger partial charge in [0.2, 0.25) is 0 Å². The van der Waals surface area contributed by atoms with Gasteiger partial charge in [-0.1, -0.05) is 18.2 Å². The van der Waals surface area contributed by atoms with Gasteiger partial charge >= 0.3 is 0 Å². The molecule has 1 N–H and O–H groups in total. The predicted molar refractivity (Wildman–Crippen MR) is 65.7 cm³/mol. The first-order valence-corrected chi connectivity index (χ1v) is 7.42. The Labute approximate surface area is 106 Å². The van der Waals surface area contributed by atoms with Crippen LogP contribution in [-0.2, 0) is 21.2 Å². The van der Waals surface area contributed by atoms with Gasteiger partial charge < -0.3 is 4.55 Å². The first kappa shape index (κ1) is 13.2. The largest absolute Gasteiger partial charge is 0.768 e. The summed E-state index contributed by atoms with van der Waals surface area (Å²) in [6.07, 6.45) is 0. The third kappa shape index (κ3) is 2.30. The zero-order valence-electron chi connectivity index (χ0n) is 9.28. The van der Waals surface area contributed by atoms with Crippen LogP contribution in [0.5, 0.6) is 0 Å². The lowest BCUT2D eigenvalue weighted by Crippen LogP contribution is -2.02. The summed E-state index contributed by atoms with van der Waals surface area (Å²) in [5.74, 6) is 0. The molecule has 0 spiro atoms. The third-order valence-electron chi connectivity index (χ3n) is 2.59. The standard InChI is InChI=1S/C11H10O5S2/c1-7-2-3-8-6-9(17(12)13)4-5-10(8)11(7)18(14,15)16/h2-6H,1H3,(H,12,13)(H,14,15,16)/p-1. The van der Waals surface area contributed by atoms with Crippen LogP contribution in [0.4, 0.5) is 0 Å². The third-order valence-corrected chi connectivity index (χ3v) is 4.29. The Morgan fingerprint density at radius 3 is 2.44 bits per heavy atom. The number of benzene rings is 2. The van der Waals surface area contributed by atoms with Crippen LogP contribution in [0.25, 0.3) is 10.8 Å². The molecule has 7 heteroatoms. The van der Waals surface area contributed by atoms with Crippen LogP contribution in [0.15, 0.2) is 40.1 Å². The zero-order chi connectivity index (χ0) is 13.5. The van der Waals surface area contributed by atoms with E-state index >= 15 is 0 Å². The maximum Gasteiger partial charge on any atom is 0.295 e. The fourth-order valence-corrected chi connectivity index (χ4v) is 3.18. The van der Waals surface area contributed by atoms with Crippen LogP contribution in [0.2, 0.25) is 0 Å². The SMILES string of the molecule is Cc1ccc2cc(S(=O)[O-])ccc2c1S(=O)(=O)O. The van der Waals surface area contributed by atoms with Crippen LogP contribution >= 0.6 is 0 Å². The van der Waals surface area contributed by atoms with Gasteiger partial charge in [0.25, 0.3) is 10.1 Å². The fraction of sp³-hybridized carbons (Fsp3) is 0.0909. The predicted octanol–water partition coefficient (Wildman–Crippen LogP) is 1.63. The van der Waals surface area contributed by atoms with Crippen molar-refractivity contribution in [1.29, 1.82) is 0 Å². The van der Waals surface area contributed by atoms with E-state index in [1.54, 1.807) is 13.0 Å². The molecule has 1 atom stereocenters. The highest BCUT2D eigenvalue weighted by Crippen LogP contribution is 2.27. The normalized spacial score (nSPS) is 13.7. The Hall–Kier alpha value is -1.28. The fourth-order valence-electron chi connectivity index (χ4n) is 1.83. The topological polar surface area (TPSA) is 94.5 Å². The lowest BCUT2D eigenvalue weighted by Gasteiger charge is -2.10. The molecule has 0 aliphatic heterocycles. The molecule has 2 aromatic rings. The lowest BCUT2D eigenvalue weighted by molar-refractivity contribution is 0.483. The van der Waals surface area contributed by atoms with Crippen molar-refractivity contribution in [2.24, 2.45) is 0 Å². The minimum atomic E-state index is -4.35. The van der Waals surface area contributed by atoms with Gasteiger partial charge in [-0.15, -0.1) is 0 Å². The van der Waals surface area contributed by atoms with E-state index in [2.05, 4.69) is 0 Å². The highest BCUT2D eigenvalue weighted by Gasteiger charge is 2.17. The molecule has 5 nitrogen and oxygen atoms in total. The van der Waals surface area contributed by atoms with Crippen LogP contribution in [0, 0.1) is 6.92 Å². The van der Waals surface area contributed by atoms with Crippen molar-refractivity contribution in [2.75, 3.05) is 0 Å². The molecule has 0 saturated carbocycles. The molecule has 2 aromatic carbocycles. The molecule has 0 radical (unpaired) electrons. The van der Waals surface area contributed by atoms with Gasteiger partial charge in [-0.25, -0.2) is 0 Å². The number of aryl methyl sites for hydroxylation is 1. The number of fused-ring (bicyclic) bond motifs is 1. The molecule has 0 fully saturated rings. The van der Waals surface area contributed by atoms with Crippen molar-refractivity contribution in [1.82, 2.24) is 0 Å². The minimum Gasteiger partial charge on any atom is -0.768 e. The first-order chi connectivity index (χ1) is 8.30. The van der Waals surface area contributed by atoms with Gasteiger partial charge in [-0.2, -0.15) is 8.42 Å². The van der Waals surface area contributed by atoms with Gasteiger partial charge in [0.1, 0.15) is 4.90 Å². The monoisotopic (exact) mass is 285 g/mol. The van der Waals surface area contributed by atoms with E-state index < -0.39 is 21.2 Å². The number of hydrogen-bond donors (Lipinski definition) is 1. The van der Waals surface area contributed by atoms with Crippen molar-refractivity contribution in [3.05, 3.63) is 35.9 Å². The maximum absolute atomic E-state index is 11.3. The Morgan fingerprint density at radius 1 is 1.22 bits per heavy atom. The van der Waals surface area contributed by atoms with Crippen LogP contribution in [-0.4, -0.2) is 21.7 Å². The molecular weight excluding hydrogens is 276 g/mol. The van der Waals surface area contributed by atoms with Crippen molar-refractivity contribution in [3.63, 3.8) is 0 Å². The van der Waals surface area contributed by atoms with E-state index in [9.17, 15) is 21.7 Å². The molecule has 96 valence electrons. The molecule has 18 heavy (non-hydrogen) atoms. The van der Waals surface area contributed by atoms with Crippen molar-refractivity contribution < 1.29 is 21.7 Å². The molecule has 0 aliphatic rings. The molecule has 2 rings (SSSR count). The Bertz CT molecular complexity index is 749. The smallest absolute Gasteiger partial charge is 0.295 e. The summed E-state index contributed by atoms with van der Waals surface area (Å²) in [5.41, 5.74) is 0.404. The second-order valence-corrected chi connectivity index (χ2v) is 6.10. The van der Waals surface area contributed by atoms with Gasteiger partial charge in [-0.05, 0) is 41.1 Å².